The Balaban J connectivity index is 1.82. The van der Waals surface area contributed by atoms with Crippen LogP contribution in [-0.4, -0.2) is 4.98 Å². The van der Waals surface area contributed by atoms with E-state index in [1.165, 1.54) is 5.56 Å². The maximum Gasteiger partial charge on any atom is 0.142 e. The zero-order valence-electron chi connectivity index (χ0n) is 16.0. The Bertz CT molecular complexity index is 1040. The van der Waals surface area contributed by atoms with Gasteiger partial charge < -0.3 is 10.5 Å². The number of para-hydroxylation sites is 1. The lowest BCUT2D eigenvalue weighted by molar-refractivity contribution is 0.440. The summed E-state index contributed by atoms with van der Waals surface area (Å²) in [4.78, 5) is 4.55. The molecule has 4 heteroatoms. The number of nitriles is 1. The zero-order chi connectivity index (χ0) is 19.5. The Hall–Kier alpha value is -3.32. The quantitative estimate of drug-likeness (QED) is 0.658. The Labute approximate surface area is 165 Å². The number of rotatable bonds is 4. The van der Waals surface area contributed by atoms with E-state index in [1.807, 2.05) is 54.6 Å². The summed E-state index contributed by atoms with van der Waals surface area (Å²) in [6.07, 6.45) is 4.10. The molecule has 1 heterocycles. The second-order valence-electron chi connectivity index (χ2n) is 7.24. The normalized spacial score (nSPS) is 15.5. The molecule has 2 N–H and O–H groups in total. The Morgan fingerprint density at radius 1 is 1.14 bits per heavy atom. The van der Waals surface area contributed by atoms with Gasteiger partial charge in [0.05, 0.1) is 0 Å². The lowest BCUT2D eigenvalue weighted by Gasteiger charge is -2.26. The SMILES string of the molecule is CCC1CCc2nc(N)c(C#N)c(-c3cccc(Oc4ccccc4)c3)c2C1. The molecule has 0 fully saturated rings. The molecule has 0 saturated heterocycles. The molecular weight excluding hydrogens is 346 g/mol. The summed E-state index contributed by atoms with van der Waals surface area (Å²) in [5, 5.41) is 9.79. The predicted molar refractivity (Wildman–Crippen MR) is 111 cm³/mol. The number of aromatic nitrogens is 1. The Kier molecular flexibility index (Phi) is 4.99. The molecule has 0 saturated carbocycles. The van der Waals surface area contributed by atoms with Gasteiger partial charge in [0.15, 0.2) is 0 Å². The fraction of sp³-hybridized carbons (Fsp3) is 0.250. The van der Waals surface area contributed by atoms with Gasteiger partial charge in [-0.05, 0) is 60.6 Å². The van der Waals surface area contributed by atoms with Gasteiger partial charge in [-0.2, -0.15) is 5.26 Å². The summed E-state index contributed by atoms with van der Waals surface area (Å²) in [6, 6.07) is 19.9. The van der Waals surface area contributed by atoms with E-state index in [2.05, 4.69) is 18.0 Å². The van der Waals surface area contributed by atoms with Crippen molar-refractivity contribution >= 4 is 5.82 Å². The van der Waals surface area contributed by atoms with E-state index in [4.69, 9.17) is 10.5 Å². The van der Waals surface area contributed by atoms with Gasteiger partial charge in [0.25, 0.3) is 0 Å². The minimum Gasteiger partial charge on any atom is -0.457 e. The first kappa shape index (κ1) is 18.1. The lowest BCUT2D eigenvalue weighted by Crippen LogP contribution is -2.18. The molecule has 140 valence electrons. The van der Waals surface area contributed by atoms with Crippen LogP contribution in [0.3, 0.4) is 0 Å². The molecule has 1 aromatic heterocycles. The summed E-state index contributed by atoms with van der Waals surface area (Å²) >= 11 is 0. The first-order chi connectivity index (χ1) is 13.7. The number of nitrogens with two attached hydrogens (primary N) is 1. The number of benzene rings is 2. The maximum atomic E-state index is 9.79. The van der Waals surface area contributed by atoms with Gasteiger partial charge in [-0.1, -0.05) is 43.7 Å². The third-order valence-corrected chi connectivity index (χ3v) is 5.48. The maximum absolute atomic E-state index is 9.79. The predicted octanol–water partition coefficient (Wildman–Crippen LogP) is 5.51. The summed E-state index contributed by atoms with van der Waals surface area (Å²) in [5.41, 5.74) is 10.7. The highest BCUT2D eigenvalue weighted by atomic mass is 16.5. The van der Waals surface area contributed by atoms with E-state index >= 15 is 0 Å². The molecule has 1 aliphatic rings. The molecule has 0 bridgehead atoms. The smallest absolute Gasteiger partial charge is 0.142 e. The minimum absolute atomic E-state index is 0.320. The van der Waals surface area contributed by atoms with E-state index in [0.717, 1.165) is 54.0 Å². The highest BCUT2D eigenvalue weighted by Crippen LogP contribution is 2.39. The average molecular weight is 369 g/mol. The first-order valence-electron chi connectivity index (χ1n) is 9.74. The molecule has 1 aliphatic carbocycles. The van der Waals surface area contributed by atoms with Crippen LogP contribution in [0.5, 0.6) is 11.5 Å². The van der Waals surface area contributed by atoms with Crippen LogP contribution >= 0.6 is 0 Å². The van der Waals surface area contributed by atoms with Crippen LogP contribution in [0.2, 0.25) is 0 Å². The highest BCUT2D eigenvalue weighted by Gasteiger charge is 2.26. The Morgan fingerprint density at radius 3 is 2.68 bits per heavy atom. The van der Waals surface area contributed by atoms with Gasteiger partial charge >= 0.3 is 0 Å². The van der Waals surface area contributed by atoms with Gasteiger partial charge in [0.2, 0.25) is 0 Å². The number of anilines is 1. The third-order valence-electron chi connectivity index (χ3n) is 5.48. The van der Waals surface area contributed by atoms with Gasteiger partial charge in [-0.15, -0.1) is 0 Å². The van der Waals surface area contributed by atoms with Crippen molar-refractivity contribution in [2.24, 2.45) is 5.92 Å². The number of hydrogen-bond donors (Lipinski definition) is 1. The first-order valence-corrected chi connectivity index (χ1v) is 9.74. The van der Waals surface area contributed by atoms with Crippen LogP contribution in [-0.2, 0) is 12.8 Å². The van der Waals surface area contributed by atoms with Crippen LogP contribution < -0.4 is 10.5 Å². The molecule has 28 heavy (non-hydrogen) atoms. The number of hydrogen-bond acceptors (Lipinski definition) is 4. The number of ether oxygens (including phenoxy) is 1. The lowest BCUT2D eigenvalue weighted by atomic mass is 9.80. The van der Waals surface area contributed by atoms with Crippen molar-refractivity contribution in [3.05, 3.63) is 71.4 Å². The summed E-state index contributed by atoms with van der Waals surface area (Å²) in [6.45, 7) is 2.22. The van der Waals surface area contributed by atoms with Crippen LogP contribution in [0, 0.1) is 17.2 Å². The molecule has 4 rings (SSSR count). The summed E-state index contributed by atoms with van der Waals surface area (Å²) < 4.78 is 6.00. The van der Waals surface area contributed by atoms with E-state index in [1.54, 1.807) is 0 Å². The number of fused-ring (bicyclic) bond motifs is 1. The number of nitrogens with zero attached hydrogens (tertiary/aromatic N) is 2. The molecule has 3 aromatic rings. The van der Waals surface area contributed by atoms with Crippen molar-refractivity contribution in [3.8, 4) is 28.7 Å². The number of aryl methyl sites for hydroxylation is 1. The van der Waals surface area contributed by atoms with Crippen molar-refractivity contribution in [3.63, 3.8) is 0 Å². The topological polar surface area (TPSA) is 71.9 Å². The van der Waals surface area contributed by atoms with E-state index < -0.39 is 0 Å². The average Bonchev–Trinajstić information content (AvgIpc) is 2.73. The molecule has 1 atom stereocenters. The largest absolute Gasteiger partial charge is 0.457 e. The van der Waals surface area contributed by atoms with Gasteiger partial charge in [0, 0.05) is 11.3 Å². The molecule has 0 amide bonds. The van der Waals surface area contributed by atoms with Crippen LogP contribution in [0.15, 0.2) is 54.6 Å². The summed E-state index contributed by atoms with van der Waals surface area (Å²) in [5.74, 6) is 2.45. The van der Waals surface area contributed by atoms with Crippen molar-refractivity contribution < 1.29 is 4.74 Å². The fourth-order valence-corrected chi connectivity index (χ4v) is 3.97. The van der Waals surface area contributed by atoms with Gasteiger partial charge in [-0.3, -0.25) is 0 Å². The monoisotopic (exact) mass is 369 g/mol. The second-order valence-corrected chi connectivity index (χ2v) is 7.24. The van der Waals surface area contributed by atoms with Crippen molar-refractivity contribution in [2.45, 2.75) is 32.6 Å². The van der Waals surface area contributed by atoms with Crippen LogP contribution in [0.1, 0.15) is 36.6 Å². The van der Waals surface area contributed by atoms with Crippen LogP contribution in [0.25, 0.3) is 11.1 Å². The standard InChI is InChI=1S/C24H23N3O/c1-2-16-11-12-22-20(13-16)23(21(15-25)24(26)27-22)17-7-6-10-19(14-17)28-18-8-4-3-5-9-18/h3-10,14,16H,2,11-13H2,1H3,(H2,26,27). The van der Waals surface area contributed by atoms with E-state index in [0.29, 0.717) is 17.3 Å². The molecule has 0 spiro atoms. The minimum atomic E-state index is 0.320. The molecule has 4 nitrogen and oxygen atoms in total. The molecular formula is C24H23N3O. The molecule has 1 unspecified atom stereocenters. The Morgan fingerprint density at radius 2 is 1.93 bits per heavy atom. The van der Waals surface area contributed by atoms with Crippen LogP contribution in [0.4, 0.5) is 5.82 Å². The molecule has 0 radical (unpaired) electrons. The summed E-state index contributed by atoms with van der Waals surface area (Å²) in [7, 11) is 0. The highest BCUT2D eigenvalue weighted by molar-refractivity contribution is 5.80. The van der Waals surface area contributed by atoms with Crippen molar-refractivity contribution in [1.82, 2.24) is 4.98 Å². The third kappa shape index (κ3) is 3.44. The van der Waals surface area contributed by atoms with Gasteiger partial charge in [-0.25, -0.2) is 4.98 Å². The second kappa shape index (κ2) is 7.74. The number of pyridine rings is 1. The fourth-order valence-electron chi connectivity index (χ4n) is 3.97. The number of nitrogen functional groups attached to an aromatic ring is 1. The van der Waals surface area contributed by atoms with E-state index in [-0.39, 0.29) is 0 Å². The van der Waals surface area contributed by atoms with Crippen molar-refractivity contribution in [2.75, 3.05) is 5.73 Å². The molecule has 2 aromatic carbocycles. The molecule has 0 aliphatic heterocycles. The van der Waals surface area contributed by atoms with E-state index in [9.17, 15) is 5.26 Å². The van der Waals surface area contributed by atoms with Gasteiger partial charge in [0.1, 0.15) is 28.9 Å². The zero-order valence-corrected chi connectivity index (χ0v) is 16.0. The van der Waals surface area contributed by atoms with Crippen molar-refractivity contribution in [1.29, 1.82) is 5.26 Å².